The van der Waals surface area contributed by atoms with E-state index in [1.807, 2.05) is 0 Å². The van der Waals surface area contributed by atoms with Gasteiger partial charge in [-0.15, -0.1) is 0 Å². The lowest BCUT2D eigenvalue weighted by Crippen LogP contribution is -2.32. The molecule has 0 unspecified atom stereocenters. The number of H-pyrrole nitrogens is 1. The lowest BCUT2D eigenvalue weighted by molar-refractivity contribution is -0.130. The van der Waals surface area contributed by atoms with Gasteiger partial charge in [-0.05, 0) is 24.3 Å². The van der Waals surface area contributed by atoms with Crippen molar-refractivity contribution in [3.63, 3.8) is 0 Å². The number of benzene rings is 1. The van der Waals surface area contributed by atoms with E-state index in [-0.39, 0.29) is 30.3 Å². The molecular formula is C13H16FN5O3S. The molecule has 2 rings (SSSR count). The number of carbonyl (C=O) groups is 1. The van der Waals surface area contributed by atoms with E-state index < -0.39 is 15.8 Å². The highest BCUT2D eigenvalue weighted by Gasteiger charge is 2.16. The zero-order chi connectivity index (χ0) is 16.9. The molecule has 1 amide bonds. The van der Waals surface area contributed by atoms with E-state index in [9.17, 15) is 17.6 Å². The Labute approximate surface area is 132 Å². The highest BCUT2D eigenvalue weighted by atomic mass is 32.2. The van der Waals surface area contributed by atoms with Crippen molar-refractivity contribution in [2.45, 2.75) is 17.9 Å². The van der Waals surface area contributed by atoms with Crippen LogP contribution in [0.25, 0.3) is 0 Å². The first-order chi connectivity index (χ1) is 10.9. The van der Waals surface area contributed by atoms with Gasteiger partial charge in [-0.1, -0.05) is 0 Å². The molecule has 1 aromatic carbocycles. The molecule has 8 nitrogen and oxygen atoms in total. The zero-order valence-corrected chi connectivity index (χ0v) is 13.2. The molecule has 2 aromatic rings. The van der Waals surface area contributed by atoms with Crippen molar-refractivity contribution in [2.75, 3.05) is 13.6 Å². The summed E-state index contributed by atoms with van der Waals surface area (Å²) >= 11 is 0. The van der Waals surface area contributed by atoms with Crippen LogP contribution in [0.5, 0.6) is 0 Å². The topological polar surface area (TPSA) is 108 Å². The summed E-state index contributed by atoms with van der Waals surface area (Å²) in [5.74, 6) is -0.232. The van der Waals surface area contributed by atoms with Gasteiger partial charge in [-0.3, -0.25) is 9.89 Å². The van der Waals surface area contributed by atoms with Crippen LogP contribution in [0.4, 0.5) is 4.39 Å². The Bertz CT molecular complexity index is 746. The van der Waals surface area contributed by atoms with Crippen molar-refractivity contribution in [1.29, 1.82) is 0 Å². The number of aromatic amines is 1. The van der Waals surface area contributed by atoms with Gasteiger partial charge in [0.05, 0.1) is 11.4 Å². The van der Waals surface area contributed by atoms with Gasteiger partial charge >= 0.3 is 0 Å². The van der Waals surface area contributed by atoms with Gasteiger partial charge in [0.25, 0.3) is 0 Å². The first-order valence-electron chi connectivity index (χ1n) is 6.72. The molecule has 10 heteroatoms. The second kappa shape index (κ2) is 7.29. The van der Waals surface area contributed by atoms with E-state index in [2.05, 4.69) is 19.9 Å². The SMILES string of the molecule is CN(Cc1ncn[nH]1)C(=O)CCNS(=O)(=O)c1ccc(F)cc1. The van der Waals surface area contributed by atoms with Gasteiger partial charge < -0.3 is 4.90 Å². The van der Waals surface area contributed by atoms with Gasteiger partial charge in [0.1, 0.15) is 18.0 Å². The summed E-state index contributed by atoms with van der Waals surface area (Å²) in [5, 5.41) is 6.31. The summed E-state index contributed by atoms with van der Waals surface area (Å²) in [6.07, 6.45) is 1.33. The third kappa shape index (κ3) is 4.83. The van der Waals surface area contributed by atoms with Crippen LogP contribution in [0.15, 0.2) is 35.5 Å². The van der Waals surface area contributed by atoms with Crippen LogP contribution >= 0.6 is 0 Å². The average molecular weight is 341 g/mol. The van der Waals surface area contributed by atoms with E-state index >= 15 is 0 Å². The Morgan fingerprint density at radius 2 is 2.04 bits per heavy atom. The van der Waals surface area contributed by atoms with E-state index in [4.69, 9.17) is 0 Å². The molecule has 2 N–H and O–H groups in total. The van der Waals surface area contributed by atoms with Crippen LogP contribution in [-0.4, -0.2) is 48.0 Å². The fourth-order valence-electron chi connectivity index (χ4n) is 1.80. The minimum absolute atomic E-state index is 0.00887. The van der Waals surface area contributed by atoms with Crippen molar-refractivity contribution in [1.82, 2.24) is 24.8 Å². The van der Waals surface area contributed by atoms with E-state index in [0.717, 1.165) is 24.3 Å². The fourth-order valence-corrected chi connectivity index (χ4v) is 2.83. The minimum Gasteiger partial charge on any atom is -0.338 e. The number of nitrogens with zero attached hydrogens (tertiary/aromatic N) is 3. The highest BCUT2D eigenvalue weighted by molar-refractivity contribution is 7.89. The number of sulfonamides is 1. The number of rotatable bonds is 7. The Kier molecular flexibility index (Phi) is 5.40. The number of halogens is 1. The Morgan fingerprint density at radius 1 is 1.35 bits per heavy atom. The average Bonchev–Trinajstić information content (AvgIpc) is 3.00. The molecule has 0 atom stereocenters. The van der Waals surface area contributed by atoms with Crippen molar-refractivity contribution in [3.05, 3.63) is 42.2 Å². The summed E-state index contributed by atoms with van der Waals surface area (Å²) in [5.41, 5.74) is 0. The molecular weight excluding hydrogens is 325 g/mol. The molecule has 0 saturated carbocycles. The molecule has 0 aliphatic heterocycles. The van der Waals surface area contributed by atoms with E-state index in [0.29, 0.717) is 5.82 Å². The summed E-state index contributed by atoms with van der Waals surface area (Å²) in [6, 6.07) is 4.45. The van der Waals surface area contributed by atoms with Crippen LogP contribution in [0.2, 0.25) is 0 Å². The highest BCUT2D eigenvalue weighted by Crippen LogP contribution is 2.09. The normalized spacial score (nSPS) is 11.4. The third-order valence-electron chi connectivity index (χ3n) is 3.03. The fraction of sp³-hybridized carbons (Fsp3) is 0.308. The standard InChI is InChI=1S/C13H16FN5O3S/c1-19(8-12-15-9-16-18-12)13(20)6-7-17-23(21,22)11-4-2-10(14)3-5-11/h2-5,9,17H,6-8H2,1H3,(H,15,16,18). The number of aromatic nitrogens is 3. The predicted octanol–water partition coefficient (Wildman–Crippen LogP) is 0.271. The Hall–Kier alpha value is -2.33. The number of amides is 1. The summed E-state index contributed by atoms with van der Waals surface area (Å²) in [7, 11) is -2.18. The smallest absolute Gasteiger partial charge is 0.240 e. The van der Waals surface area contributed by atoms with Crippen LogP contribution in [0.3, 0.4) is 0 Å². The molecule has 0 fully saturated rings. The maximum absolute atomic E-state index is 12.8. The maximum Gasteiger partial charge on any atom is 0.240 e. The summed E-state index contributed by atoms with van der Waals surface area (Å²) < 4.78 is 39.0. The number of carbonyl (C=O) groups excluding carboxylic acids is 1. The van der Waals surface area contributed by atoms with Gasteiger partial charge in [0.15, 0.2) is 0 Å². The van der Waals surface area contributed by atoms with Crippen molar-refractivity contribution < 1.29 is 17.6 Å². The van der Waals surface area contributed by atoms with Crippen LogP contribution < -0.4 is 4.72 Å². The molecule has 1 aromatic heterocycles. The lowest BCUT2D eigenvalue weighted by Gasteiger charge is -2.15. The summed E-state index contributed by atoms with van der Waals surface area (Å²) in [6.45, 7) is 0.197. The van der Waals surface area contributed by atoms with Crippen molar-refractivity contribution in [2.24, 2.45) is 0 Å². The first-order valence-corrected chi connectivity index (χ1v) is 8.20. The number of nitrogens with one attached hydrogen (secondary N) is 2. The van der Waals surface area contributed by atoms with Gasteiger partial charge in [-0.2, -0.15) is 5.10 Å². The monoisotopic (exact) mass is 341 g/mol. The largest absolute Gasteiger partial charge is 0.338 e. The molecule has 0 saturated heterocycles. The molecule has 23 heavy (non-hydrogen) atoms. The molecule has 0 radical (unpaired) electrons. The zero-order valence-electron chi connectivity index (χ0n) is 12.4. The number of hydrogen-bond donors (Lipinski definition) is 2. The maximum atomic E-state index is 12.8. The van der Waals surface area contributed by atoms with Gasteiger partial charge in [-0.25, -0.2) is 22.5 Å². The Balaban J connectivity index is 1.83. The van der Waals surface area contributed by atoms with Crippen LogP contribution in [0, 0.1) is 5.82 Å². The minimum atomic E-state index is -3.76. The molecule has 1 heterocycles. The molecule has 124 valence electrons. The van der Waals surface area contributed by atoms with Gasteiger partial charge in [0, 0.05) is 20.0 Å². The second-order valence-electron chi connectivity index (χ2n) is 4.78. The van der Waals surface area contributed by atoms with Crippen LogP contribution in [0.1, 0.15) is 12.2 Å². The van der Waals surface area contributed by atoms with Crippen molar-refractivity contribution >= 4 is 15.9 Å². The third-order valence-corrected chi connectivity index (χ3v) is 4.51. The van der Waals surface area contributed by atoms with E-state index in [1.165, 1.54) is 11.2 Å². The van der Waals surface area contributed by atoms with Crippen molar-refractivity contribution in [3.8, 4) is 0 Å². The lowest BCUT2D eigenvalue weighted by atomic mass is 10.3. The van der Waals surface area contributed by atoms with E-state index in [1.54, 1.807) is 7.05 Å². The predicted molar refractivity (Wildman–Crippen MR) is 79.1 cm³/mol. The quantitative estimate of drug-likeness (QED) is 0.751. The molecule has 0 aliphatic rings. The molecule has 0 spiro atoms. The first kappa shape index (κ1) is 17.0. The summed E-state index contributed by atoms with van der Waals surface area (Å²) in [4.78, 5) is 17.2. The second-order valence-corrected chi connectivity index (χ2v) is 6.55. The molecule has 0 aliphatic carbocycles. The number of hydrogen-bond acceptors (Lipinski definition) is 5. The van der Waals surface area contributed by atoms with Crippen LogP contribution in [-0.2, 0) is 21.4 Å². The van der Waals surface area contributed by atoms with Gasteiger partial charge in [0.2, 0.25) is 15.9 Å². The molecule has 0 bridgehead atoms. The Morgan fingerprint density at radius 3 is 2.65 bits per heavy atom.